The maximum absolute atomic E-state index is 13.5. The van der Waals surface area contributed by atoms with Crippen LogP contribution < -0.4 is 10.2 Å². The number of amides is 1. The third-order valence-electron chi connectivity index (χ3n) is 5.60. The van der Waals surface area contributed by atoms with E-state index in [1.807, 2.05) is 0 Å². The summed E-state index contributed by atoms with van der Waals surface area (Å²) in [6, 6.07) is 11.8. The Kier molecular flexibility index (Phi) is 10.0. The van der Waals surface area contributed by atoms with Crippen molar-refractivity contribution in [2.75, 3.05) is 20.3 Å². The van der Waals surface area contributed by atoms with Gasteiger partial charge in [0, 0.05) is 40.6 Å². The molecule has 0 saturated carbocycles. The summed E-state index contributed by atoms with van der Waals surface area (Å²) in [5, 5.41) is 9.64. The average Bonchev–Trinajstić information content (AvgIpc) is 3.23. The normalized spacial score (nSPS) is 18.9. The number of hydroxylamine groups is 1. The van der Waals surface area contributed by atoms with Crippen LogP contribution >= 0.6 is 23.2 Å². The second-order valence-electron chi connectivity index (χ2n) is 9.68. The lowest BCUT2D eigenvalue weighted by molar-refractivity contribution is -0.155. The summed E-state index contributed by atoms with van der Waals surface area (Å²) < 4.78 is 17.3. The monoisotopic (exact) mass is 566 g/mol. The molecule has 2 aromatic carbocycles. The Hall–Kier alpha value is -2.85. The number of rotatable bonds is 11. The van der Waals surface area contributed by atoms with Crippen LogP contribution in [0.15, 0.2) is 47.5 Å². The minimum Gasteiger partial charge on any atom is -0.494 e. The van der Waals surface area contributed by atoms with Crippen molar-refractivity contribution in [3.63, 3.8) is 0 Å². The van der Waals surface area contributed by atoms with Gasteiger partial charge in [0.1, 0.15) is 11.4 Å². The largest absolute Gasteiger partial charge is 0.494 e. The topological polar surface area (TPSA) is 116 Å². The SMILES string of the molecule is CONC(=O)[C@@]1(CCC(=O)OC(C)(C)C)N=C(c2ccc(OCCCO)cc2)O[C@H]1c1ccc(Cl)cc1Cl. The summed E-state index contributed by atoms with van der Waals surface area (Å²) in [6.07, 6.45) is -0.656. The highest BCUT2D eigenvalue weighted by Crippen LogP contribution is 2.45. The number of aliphatic hydroxyl groups excluding tert-OH is 1. The van der Waals surface area contributed by atoms with Crippen molar-refractivity contribution < 1.29 is 33.7 Å². The molecule has 1 aliphatic heterocycles. The highest BCUT2D eigenvalue weighted by Gasteiger charge is 2.54. The molecule has 2 atom stereocenters. The first-order valence-electron chi connectivity index (χ1n) is 12.1. The van der Waals surface area contributed by atoms with Gasteiger partial charge in [0.15, 0.2) is 11.6 Å². The van der Waals surface area contributed by atoms with Gasteiger partial charge >= 0.3 is 5.97 Å². The molecule has 0 fully saturated rings. The number of nitrogens with one attached hydrogen (secondary N) is 1. The molecule has 0 aromatic heterocycles. The van der Waals surface area contributed by atoms with E-state index in [1.54, 1.807) is 63.2 Å². The van der Waals surface area contributed by atoms with Crippen molar-refractivity contribution >= 4 is 41.0 Å². The fraction of sp³-hybridized carbons (Fsp3) is 0.444. The van der Waals surface area contributed by atoms with Gasteiger partial charge in [-0.05, 0) is 63.6 Å². The van der Waals surface area contributed by atoms with Gasteiger partial charge in [-0.15, -0.1) is 0 Å². The lowest BCUT2D eigenvalue weighted by atomic mass is 9.83. The van der Waals surface area contributed by atoms with E-state index in [4.69, 9.17) is 52.3 Å². The van der Waals surface area contributed by atoms with Crippen molar-refractivity contribution in [3.8, 4) is 5.75 Å². The zero-order valence-corrected chi connectivity index (χ0v) is 23.3. The summed E-state index contributed by atoms with van der Waals surface area (Å²) in [5.41, 5.74) is 1.09. The summed E-state index contributed by atoms with van der Waals surface area (Å²) in [6.45, 7) is 5.70. The van der Waals surface area contributed by atoms with Crippen molar-refractivity contribution in [1.29, 1.82) is 0 Å². The smallest absolute Gasteiger partial charge is 0.306 e. The quantitative estimate of drug-likeness (QED) is 0.228. The van der Waals surface area contributed by atoms with E-state index in [2.05, 4.69) is 5.48 Å². The first-order valence-corrected chi connectivity index (χ1v) is 12.9. The predicted molar refractivity (Wildman–Crippen MR) is 143 cm³/mol. The molecule has 11 heteroatoms. The van der Waals surface area contributed by atoms with E-state index in [9.17, 15) is 9.59 Å². The maximum atomic E-state index is 13.5. The minimum atomic E-state index is -1.62. The molecule has 0 aliphatic carbocycles. The highest BCUT2D eigenvalue weighted by molar-refractivity contribution is 6.35. The minimum absolute atomic E-state index is 0.0340. The number of ether oxygens (including phenoxy) is 3. The molecule has 1 amide bonds. The van der Waals surface area contributed by atoms with E-state index in [-0.39, 0.29) is 30.4 Å². The molecule has 3 rings (SSSR count). The molecular formula is C27H32Cl2N2O7. The van der Waals surface area contributed by atoms with Crippen LogP contribution in [0.25, 0.3) is 0 Å². The van der Waals surface area contributed by atoms with E-state index in [0.29, 0.717) is 34.9 Å². The van der Waals surface area contributed by atoms with E-state index in [1.165, 1.54) is 7.11 Å². The number of carbonyl (C=O) groups is 2. The summed E-state index contributed by atoms with van der Waals surface area (Å²) in [5.74, 6) is -0.320. The number of benzene rings is 2. The van der Waals surface area contributed by atoms with E-state index in [0.717, 1.165) is 0 Å². The Morgan fingerprint density at radius 3 is 2.47 bits per heavy atom. The Labute approximate surface area is 232 Å². The van der Waals surface area contributed by atoms with Crippen molar-refractivity contribution in [1.82, 2.24) is 5.48 Å². The number of nitrogens with zero attached hydrogens (tertiary/aromatic N) is 1. The molecular weight excluding hydrogens is 535 g/mol. The fourth-order valence-electron chi connectivity index (χ4n) is 3.93. The van der Waals surface area contributed by atoms with E-state index < -0.39 is 29.1 Å². The number of halogens is 2. The molecule has 2 aromatic rings. The molecule has 1 aliphatic rings. The van der Waals surface area contributed by atoms with Crippen molar-refractivity contribution in [2.24, 2.45) is 4.99 Å². The first kappa shape index (κ1) is 29.7. The molecule has 0 radical (unpaired) electrons. The van der Waals surface area contributed by atoms with Gasteiger partial charge in [0.25, 0.3) is 5.91 Å². The molecule has 2 N–H and O–H groups in total. The lowest BCUT2D eigenvalue weighted by Crippen LogP contribution is -2.48. The molecule has 0 bridgehead atoms. The standard InChI is InChI=1S/C27H32Cl2N2O7/c1-26(2,3)38-22(33)12-13-27(25(34)31-35-4)23(20-11-8-18(28)16-21(20)29)37-24(30-27)17-6-9-19(10-7-17)36-15-5-14-32/h6-11,16,23,32H,5,12-15H2,1-4H3,(H,31,34)/t23-,27-/m0/s1. The summed E-state index contributed by atoms with van der Waals surface area (Å²) in [4.78, 5) is 35.8. The van der Waals surface area contributed by atoms with Gasteiger partial charge in [-0.25, -0.2) is 10.5 Å². The maximum Gasteiger partial charge on any atom is 0.306 e. The van der Waals surface area contributed by atoms with Crippen LogP contribution in [0.4, 0.5) is 0 Å². The van der Waals surface area contributed by atoms with Crippen molar-refractivity contribution in [3.05, 3.63) is 63.6 Å². The molecule has 9 nitrogen and oxygen atoms in total. The van der Waals surface area contributed by atoms with Gasteiger partial charge in [0.2, 0.25) is 5.90 Å². The Morgan fingerprint density at radius 1 is 1.16 bits per heavy atom. The number of aliphatic hydroxyl groups is 1. The second-order valence-corrected chi connectivity index (χ2v) is 10.5. The van der Waals surface area contributed by atoms with Crippen LogP contribution in [0.5, 0.6) is 5.75 Å². The van der Waals surface area contributed by atoms with Crippen LogP contribution in [0.1, 0.15) is 57.3 Å². The van der Waals surface area contributed by atoms with Gasteiger partial charge in [-0.3, -0.25) is 14.4 Å². The third-order valence-corrected chi connectivity index (χ3v) is 6.16. The fourth-order valence-corrected chi connectivity index (χ4v) is 4.44. The number of hydrogen-bond donors (Lipinski definition) is 2. The number of esters is 1. The lowest BCUT2D eigenvalue weighted by Gasteiger charge is -2.30. The van der Waals surface area contributed by atoms with Crippen molar-refractivity contribution in [2.45, 2.75) is 57.3 Å². The Morgan fingerprint density at radius 2 is 1.87 bits per heavy atom. The number of aliphatic imine (C=N–C) groups is 1. The second kappa shape index (κ2) is 12.8. The van der Waals surface area contributed by atoms with Gasteiger partial charge < -0.3 is 19.3 Å². The summed E-state index contributed by atoms with van der Waals surface area (Å²) in [7, 11) is 1.31. The van der Waals surface area contributed by atoms with Crippen LogP contribution in [0.3, 0.4) is 0 Å². The molecule has 0 unspecified atom stereocenters. The van der Waals surface area contributed by atoms with Gasteiger partial charge in [-0.2, -0.15) is 0 Å². The Bertz CT molecular complexity index is 1170. The predicted octanol–water partition coefficient (Wildman–Crippen LogP) is 4.81. The van der Waals surface area contributed by atoms with Crippen LogP contribution in [-0.4, -0.2) is 54.3 Å². The number of hydrogen-bond acceptors (Lipinski definition) is 8. The van der Waals surface area contributed by atoms with Crippen LogP contribution in [0.2, 0.25) is 10.0 Å². The highest BCUT2D eigenvalue weighted by atomic mass is 35.5. The van der Waals surface area contributed by atoms with E-state index >= 15 is 0 Å². The summed E-state index contributed by atoms with van der Waals surface area (Å²) >= 11 is 12.7. The third kappa shape index (κ3) is 7.38. The molecule has 1 heterocycles. The van der Waals surface area contributed by atoms with Gasteiger partial charge in [-0.1, -0.05) is 29.3 Å². The first-order chi connectivity index (χ1) is 18.0. The molecule has 38 heavy (non-hydrogen) atoms. The van der Waals surface area contributed by atoms with Crippen LogP contribution in [-0.2, 0) is 23.9 Å². The Balaban J connectivity index is 2.03. The van der Waals surface area contributed by atoms with Gasteiger partial charge in [0.05, 0.1) is 13.7 Å². The average molecular weight is 567 g/mol. The molecule has 0 spiro atoms. The molecule has 0 saturated heterocycles. The molecule has 206 valence electrons. The zero-order valence-electron chi connectivity index (χ0n) is 21.8. The number of carbonyl (C=O) groups excluding carboxylic acids is 2. The van der Waals surface area contributed by atoms with Crippen LogP contribution in [0, 0.1) is 0 Å². The zero-order chi connectivity index (χ0) is 27.9.